The molecule has 0 spiro atoms. The summed E-state index contributed by atoms with van der Waals surface area (Å²) in [5.74, 6) is 0. The molecule has 2 aromatic rings. The Balaban J connectivity index is 1.43. The predicted molar refractivity (Wildman–Crippen MR) is 90.9 cm³/mol. The molecule has 3 unspecified atom stereocenters. The fraction of sp³-hybridized carbons (Fsp3) is 0.389. The van der Waals surface area contributed by atoms with Crippen molar-refractivity contribution >= 4 is 11.6 Å². The number of halogens is 1. The van der Waals surface area contributed by atoms with Gasteiger partial charge in [0.2, 0.25) is 0 Å². The van der Waals surface area contributed by atoms with Crippen molar-refractivity contribution < 1.29 is 4.84 Å². The first-order valence-corrected chi connectivity index (χ1v) is 8.43. The standard InChI is InChI=1S/C18H20ClN3O/c1-21-10-2-3-18(21)23-22-12-17(22)14-6-4-13(5-7-14)15-8-9-20-11-16(15)19/h4-9,11,17-18H,2-3,10,12H2,1H3. The molecule has 0 amide bonds. The topological polar surface area (TPSA) is 28.4 Å². The molecule has 1 aromatic heterocycles. The van der Waals surface area contributed by atoms with Gasteiger partial charge in [-0.1, -0.05) is 35.9 Å². The van der Waals surface area contributed by atoms with E-state index in [1.54, 1.807) is 12.4 Å². The summed E-state index contributed by atoms with van der Waals surface area (Å²) >= 11 is 6.21. The van der Waals surface area contributed by atoms with Crippen LogP contribution in [0, 0.1) is 0 Å². The van der Waals surface area contributed by atoms with E-state index in [-0.39, 0.29) is 6.23 Å². The number of benzene rings is 1. The molecule has 0 saturated carbocycles. The molecule has 4 nitrogen and oxygen atoms in total. The fourth-order valence-corrected chi connectivity index (χ4v) is 3.40. The van der Waals surface area contributed by atoms with Crippen molar-refractivity contribution in [2.75, 3.05) is 20.1 Å². The van der Waals surface area contributed by atoms with Gasteiger partial charge in [-0.15, -0.1) is 0 Å². The first-order valence-electron chi connectivity index (χ1n) is 8.06. The molecule has 23 heavy (non-hydrogen) atoms. The Hall–Kier alpha value is -1.46. The lowest BCUT2D eigenvalue weighted by atomic mass is 10.0. The van der Waals surface area contributed by atoms with Crippen molar-refractivity contribution in [3.05, 3.63) is 53.3 Å². The average molecular weight is 330 g/mol. The Labute approximate surface area is 141 Å². The predicted octanol–water partition coefficient (Wildman–Crippen LogP) is 3.74. The van der Waals surface area contributed by atoms with Crippen LogP contribution >= 0.6 is 11.6 Å². The summed E-state index contributed by atoms with van der Waals surface area (Å²) in [6.07, 6.45) is 6.04. The van der Waals surface area contributed by atoms with Gasteiger partial charge in [-0.25, -0.2) is 0 Å². The molecule has 3 atom stereocenters. The molecule has 3 heterocycles. The van der Waals surface area contributed by atoms with Gasteiger partial charge in [-0.05, 0) is 37.1 Å². The van der Waals surface area contributed by atoms with Gasteiger partial charge in [0, 0.05) is 31.0 Å². The smallest absolute Gasteiger partial charge is 0.132 e. The van der Waals surface area contributed by atoms with Crippen LogP contribution in [0.4, 0.5) is 0 Å². The van der Waals surface area contributed by atoms with E-state index in [2.05, 4.69) is 46.3 Å². The minimum Gasteiger partial charge on any atom is -0.280 e. The van der Waals surface area contributed by atoms with Gasteiger partial charge >= 0.3 is 0 Å². The number of rotatable bonds is 4. The Bertz CT molecular complexity index is 691. The number of hydroxylamine groups is 2. The van der Waals surface area contributed by atoms with Crippen LogP contribution < -0.4 is 0 Å². The van der Waals surface area contributed by atoms with Gasteiger partial charge in [0.05, 0.1) is 11.1 Å². The Morgan fingerprint density at radius 1 is 1.22 bits per heavy atom. The van der Waals surface area contributed by atoms with E-state index >= 15 is 0 Å². The Morgan fingerprint density at radius 3 is 2.74 bits per heavy atom. The second-order valence-electron chi connectivity index (χ2n) is 6.28. The first kappa shape index (κ1) is 15.1. The van der Waals surface area contributed by atoms with E-state index < -0.39 is 0 Å². The van der Waals surface area contributed by atoms with Gasteiger partial charge in [0.1, 0.15) is 6.23 Å². The van der Waals surface area contributed by atoms with Crippen LogP contribution in [-0.2, 0) is 4.84 Å². The zero-order valence-corrected chi connectivity index (χ0v) is 13.9. The molecule has 2 saturated heterocycles. The van der Waals surface area contributed by atoms with Crippen molar-refractivity contribution in [2.24, 2.45) is 0 Å². The maximum Gasteiger partial charge on any atom is 0.132 e. The number of hydrogen-bond donors (Lipinski definition) is 0. The zero-order chi connectivity index (χ0) is 15.8. The van der Waals surface area contributed by atoms with E-state index in [9.17, 15) is 0 Å². The summed E-state index contributed by atoms with van der Waals surface area (Å²) in [5.41, 5.74) is 3.43. The number of nitrogens with zero attached hydrogens (tertiary/aromatic N) is 3. The van der Waals surface area contributed by atoms with Crippen molar-refractivity contribution in [1.29, 1.82) is 0 Å². The molecule has 2 fully saturated rings. The van der Waals surface area contributed by atoms with Crippen LogP contribution in [-0.4, -0.2) is 41.3 Å². The van der Waals surface area contributed by atoms with Crippen molar-refractivity contribution in [2.45, 2.75) is 25.1 Å². The SMILES string of the molecule is CN1CCCC1ON1CC1c1ccc(-c2ccncc2Cl)cc1. The zero-order valence-electron chi connectivity index (χ0n) is 13.2. The number of aromatic nitrogens is 1. The van der Waals surface area contributed by atoms with Crippen molar-refractivity contribution in [1.82, 2.24) is 14.9 Å². The second-order valence-corrected chi connectivity index (χ2v) is 6.68. The molecule has 2 aliphatic heterocycles. The maximum atomic E-state index is 6.21. The highest BCUT2D eigenvalue weighted by atomic mass is 35.5. The number of likely N-dealkylation sites (tertiary alicyclic amines) is 1. The van der Waals surface area contributed by atoms with Gasteiger partial charge in [0.25, 0.3) is 0 Å². The van der Waals surface area contributed by atoms with Crippen LogP contribution in [0.15, 0.2) is 42.7 Å². The summed E-state index contributed by atoms with van der Waals surface area (Å²) in [5, 5.41) is 2.77. The van der Waals surface area contributed by atoms with Gasteiger partial charge < -0.3 is 0 Å². The molecular weight excluding hydrogens is 310 g/mol. The third-order valence-corrected chi connectivity index (χ3v) is 4.96. The van der Waals surface area contributed by atoms with Gasteiger partial charge in [-0.2, -0.15) is 5.06 Å². The minimum absolute atomic E-state index is 0.245. The normalized spacial score (nSPS) is 27.3. The lowest BCUT2D eigenvalue weighted by molar-refractivity contribution is -0.167. The molecule has 4 rings (SSSR count). The quantitative estimate of drug-likeness (QED) is 0.799. The van der Waals surface area contributed by atoms with Gasteiger partial charge in [0.15, 0.2) is 0 Å². The van der Waals surface area contributed by atoms with Crippen LogP contribution in [0.25, 0.3) is 11.1 Å². The highest BCUT2D eigenvalue weighted by molar-refractivity contribution is 6.33. The lowest BCUT2D eigenvalue weighted by Crippen LogP contribution is -2.29. The fourth-order valence-electron chi connectivity index (χ4n) is 3.17. The molecule has 0 aliphatic carbocycles. The van der Waals surface area contributed by atoms with Crippen molar-refractivity contribution in [3.8, 4) is 11.1 Å². The van der Waals surface area contributed by atoms with Gasteiger partial charge in [-0.3, -0.25) is 14.7 Å². The monoisotopic (exact) mass is 329 g/mol. The molecule has 0 radical (unpaired) electrons. The Morgan fingerprint density at radius 2 is 2.04 bits per heavy atom. The lowest BCUT2D eigenvalue weighted by Gasteiger charge is -2.20. The highest BCUT2D eigenvalue weighted by Gasteiger charge is 2.40. The number of hydrogen-bond acceptors (Lipinski definition) is 4. The summed E-state index contributed by atoms with van der Waals surface area (Å²) in [4.78, 5) is 12.4. The third kappa shape index (κ3) is 3.12. The third-order valence-electron chi connectivity index (χ3n) is 4.66. The highest BCUT2D eigenvalue weighted by Crippen LogP contribution is 2.38. The first-order chi connectivity index (χ1) is 11.2. The molecule has 1 aromatic carbocycles. The van der Waals surface area contributed by atoms with Crippen molar-refractivity contribution in [3.63, 3.8) is 0 Å². The second kappa shape index (κ2) is 6.21. The van der Waals surface area contributed by atoms with Crippen LogP contribution in [0.3, 0.4) is 0 Å². The average Bonchev–Trinajstić information content (AvgIpc) is 3.22. The van der Waals surface area contributed by atoms with Crippen LogP contribution in [0.2, 0.25) is 5.02 Å². The molecule has 0 N–H and O–H groups in total. The molecular formula is C18H20ClN3O. The van der Waals surface area contributed by atoms with E-state index in [1.165, 1.54) is 12.0 Å². The van der Waals surface area contributed by atoms with E-state index in [0.29, 0.717) is 11.1 Å². The molecule has 2 aliphatic rings. The summed E-state index contributed by atoms with van der Waals surface area (Å²) in [6, 6.07) is 10.9. The summed E-state index contributed by atoms with van der Waals surface area (Å²) in [7, 11) is 2.13. The largest absolute Gasteiger partial charge is 0.280 e. The minimum atomic E-state index is 0.245. The molecule has 5 heteroatoms. The summed E-state index contributed by atoms with van der Waals surface area (Å²) in [6.45, 7) is 2.10. The van der Waals surface area contributed by atoms with E-state index in [0.717, 1.165) is 30.6 Å². The van der Waals surface area contributed by atoms with Crippen LogP contribution in [0.1, 0.15) is 24.4 Å². The Kier molecular flexibility index (Phi) is 4.07. The van der Waals surface area contributed by atoms with Crippen LogP contribution in [0.5, 0.6) is 0 Å². The maximum absolute atomic E-state index is 6.21. The van der Waals surface area contributed by atoms with E-state index in [1.807, 2.05) is 6.07 Å². The van der Waals surface area contributed by atoms with E-state index in [4.69, 9.17) is 16.4 Å². The molecule has 120 valence electrons. The molecule has 0 bridgehead atoms. The summed E-state index contributed by atoms with van der Waals surface area (Å²) < 4.78 is 0. The number of pyridine rings is 1.